The Balaban J connectivity index is 1.99. The van der Waals surface area contributed by atoms with Crippen molar-refractivity contribution in [1.29, 1.82) is 0 Å². The lowest BCUT2D eigenvalue weighted by atomic mass is 10.1. The highest BCUT2D eigenvalue weighted by Crippen LogP contribution is 2.20. The summed E-state index contributed by atoms with van der Waals surface area (Å²) >= 11 is 0. The van der Waals surface area contributed by atoms with Crippen LogP contribution in [0.25, 0.3) is 5.69 Å². The zero-order chi connectivity index (χ0) is 15.5. The van der Waals surface area contributed by atoms with Gasteiger partial charge in [0.05, 0.1) is 36.9 Å². The molecule has 1 amide bonds. The molecule has 1 fully saturated rings. The number of amides is 1. The number of aliphatic hydroxyl groups is 1. The molecule has 0 unspecified atom stereocenters. The molecule has 1 N–H and O–H groups in total. The highest BCUT2D eigenvalue weighted by Gasteiger charge is 2.29. The first-order valence-corrected chi connectivity index (χ1v) is 7.21. The lowest BCUT2D eigenvalue weighted by Crippen LogP contribution is -2.48. The van der Waals surface area contributed by atoms with Gasteiger partial charge < -0.3 is 14.7 Å². The Morgan fingerprint density at radius 2 is 2.18 bits per heavy atom. The third kappa shape index (κ3) is 2.72. The van der Waals surface area contributed by atoms with Gasteiger partial charge in [0.1, 0.15) is 0 Å². The molecule has 0 saturated carbocycles. The summed E-state index contributed by atoms with van der Waals surface area (Å²) in [6.07, 6.45) is 3.28. The summed E-state index contributed by atoms with van der Waals surface area (Å²) in [4.78, 5) is 15.9. The molecule has 1 aliphatic rings. The quantitative estimate of drug-likeness (QED) is 0.905. The van der Waals surface area contributed by atoms with Crippen molar-refractivity contribution in [2.75, 3.05) is 19.8 Å². The van der Waals surface area contributed by atoms with E-state index >= 15 is 0 Å². The smallest absolute Gasteiger partial charge is 0.258 e. The number of hydrogen-bond acceptors (Lipinski definition) is 5. The van der Waals surface area contributed by atoms with E-state index in [-0.39, 0.29) is 12.5 Å². The van der Waals surface area contributed by atoms with Gasteiger partial charge in [-0.15, -0.1) is 0 Å². The topological polar surface area (TPSA) is 80.5 Å². The second-order valence-corrected chi connectivity index (χ2v) is 5.20. The number of benzene rings is 1. The van der Waals surface area contributed by atoms with Crippen molar-refractivity contribution in [3.05, 3.63) is 41.7 Å². The second-order valence-electron chi connectivity index (χ2n) is 5.20. The molecule has 2 heterocycles. The number of carbonyl (C=O) groups excluding carboxylic acids is 1. The van der Waals surface area contributed by atoms with Gasteiger partial charge in [0.2, 0.25) is 0 Å². The molecule has 0 aliphatic carbocycles. The number of nitrogens with zero attached hydrogens (tertiary/aromatic N) is 4. The molecule has 1 aliphatic heterocycles. The molecule has 7 heteroatoms. The first-order chi connectivity index (χ1) is 10.7. The van der Waals surface area contributed by atoms with Crippen molar-refractivity contribution in [3.8, 4) is 5.69 Å². The monoisotopic (exact) mass is 302 g/mol. The van der Waals surface area contributed by atoms with Crippen LogP contribution in [0.15, 0.2) is 30.6 Å². The van der Waals surface area contributed by atoms with E-state index in [0.29, 0.717) is 24.4 Å². The fraction of sp³-hybridized carbons (Fsp3) is 0.400. The second kappa shape index (κ2) is 6.25. The Labute approximate surface area is 128 Å². The molecule has 2 aromatic rings. The summed E-state index contributed by atoms with van der Waals surface area (Å²) in [5.74, 6) is -0.185. The molecule has 1 atom stereocenters. The predicted molar refractivity (Wildman–Crippen MR) is 78.6 cm³/mol. The standard InChI is InChI=1S/C15H18N4O3/c1-11-3-4-13(19-16-5-6-17-19)12(9-11)15(21)18-7-2-8-22-14(18)10-20/h3-6,9,14,20H,2,7-8,10H2,1H3/t14-/m0/s1. The van der Waals surface area contributed by atoms with Crippen LogP contribution in [-0.4, -0.2) is 56.9 Å². The SMILES string of the molecule is Cc1ccc(-n2nccn2)c(C(=O)N2CCCO[C@H]2CO)c1. The van der Waals surface area contributed by atoms with Crippen LogP contribution in [0.4, 0.5) is 0 Å². The third-order valence-corrected chi connectivity index (χ3v) is 3.63. The van der Waals surface area contributed by atoms with E-state index in [1.807, 2.05) is 25.1 Å². The number of aliphatic hydroxyl groups excluding tert-OH is 1. The average Bonchev–Trinajstić information content (AvgIpc) is 3.08. The van der Waals surface area contributed by atoms with Gasteiger partial charge in [0.25, 0.3) is 5.91 Å². The van der Waals surface area contributed by atoms with Gasteiger partial charge in [-0.2, -0.15) is 15.0 Å². The van der Waals surface area contributed by atoms with Gasteiger partial charge in [-0.1, -0.05) is 11.6 Å². The zero-order valence-corrected chi connectivity index (χ0v) is 12.3. The minimum Gasteiger partial charge on any atom is -0.392 e. The summed E-state index contributed by atoms with van der Waals surface area (Å²) in [7, 11) is 0. The average molecular weight is 302 g/mol. The van der Waals surface area contributed by atoms with Crippen LogP contribution in [0.1, 0.15) is 22.3 Å². The molecule has 0 spiro atoms. The van der Waals surface area contributed by atoms with Crippen LogP contribution < -0.4 is 0 Å². The van der Waals surface area contributed by atoms with E-state index in [9.17, 15) is 9.90 Å². The maximum Gasteiger partial charge on any atom is 0.258 e. The molecule has 22 heavy (non-hydrogen) atoms. The lowest BCUT2D eigenvalue weighted by Gasteiger charge is -2.34. The number of aromatic nitrogens is 3. The van der Waals surface area contributed by atoms with Crippen molar-refractivity contribution < 1.29 is 14.6 Å². The fourth-order valence-corrected chi connectivity index (χ4v) is 2.56. The van der Waals surface area contributed by atoms with Crippen molar-refractivity contribution >= 4 is 5.91 Å². The molecular weight excluding hydrogens is 284 g/mol. The predicted octanol–water partition coefficient (Wildman–Crippen LogP) is 0.757. The van der Waals surface area contributed by atoms with Crippen LogP contribution in [0.5, 0.6) is 0 Å². The molecule has 1 saturated heterocycles. The van der Waals surface area contributed by atoms with Crippen LogP contribution in [0.2, 0.25) is 0 Å². The maximum absolute atomic E-state index is 12.9. The normalized spacial score (nSPS) is 18.5. The van der Waals surface area contributed by atoms with Crippen molar-refractivity contribution in [2.24, 2.45) is 0 Å². The summed E-state index contributed by atoms with van der Waals surface area (Å²) in [5.41, 5.74) is 2.08. The third-order valence-electron chi connectivity index (χ3n) is 3.63. The summed E-state index contributed by atoms with van der Waals surface area (Å²) in [5, 5.41) is 17.6. The Morgan fingerprint density at radius 3 is 2.91 bits per heavy atom. The van der Waals surface area contributed by atoms with Gasteiger partial charge in [0, 0.05) is 6.54 Å². The van der Waals surface area contributed by atoms with E-state index in [4.69, 9.17) is 4.74 Å². The Morgan fingerprint density at radius 1 is 1.41 bits per heavy atom. The van der Waals surface area contributed by atoms with Gasteiger partial charge in [-0.05, 0) is 25.5 Å². The fourth-order valence-electron chi connectivity index (χ4n) is 2.56. The Hall–Kier alpha value is -2.25. The minimum absolute atomic E-state index is 0.185. The zero-order valence-electron chi connectivity index (χ0n) is 12.3. The Kier molecular flexibility index (Phi) is 4.17. The van der Waals surface area contributed by atoms with E-state index < -0.39 is 6.23 Å². The minimum atomic E-state index is -0.597. The maximum atomic E-state index is 12.9. The van der Waals surface area contributed by atoms with E-state index in [2.05, 4.69) is 10.2 Å². The van der Waals surface area contributed by atoms with Crippen molar-refractivity contribution in [2.45, 2.75) is 19.6 Å². The van der Waals surface area contributed by atoms with E-state index in [1.54, 1.807) is 17.3 Å². The molecule has 1 aromatic heterocycles. The highest BCUT2D eigenvalue weighted by atomic mass is 16.5. The first kappa shape index (κ1) is 14.7. The van der Waals surface area contributed by atoms with Crippen molar-refractivity contribution in [3.63, 3.8) is 0 Å². The number of aryl methyl sites for hydroxylation is 1. The van der Waals surface area contributed by atoms with Gasteiger partial charge >= 0.3 is 0 Å². The molecule has 116 valence electrons. The summed E-state index contributed by atoms with van der Waals surface area (Å²) in [6, 6.07) is 5.54. The van der Waals surface area contributed by atoms with Crippen LogP contribution in [0, 0.1) is 6.92 Å². The number of hydrogen-bond donors (Lipinski definition) is 1. The van der Waals surface area contributed by atoms with Crippen molar-refractivity contribution in [1.82, 2.24) is 19.9 Å². The molecule has 0 radical (unpaired) electrons. The van der Waals surface area contributed by atoms with E-state index in [1.165, 1.54) is 4.80 Å². The van der Waals surface area contributed by atoms with Gasteiger partial charge in [0.15, 0.2) is 6.23 Å². The number of ether oxygens (including phenoxy) is 1. The lowest BCUT2D eigenvalue weighted by molar-refractivity contribution is -0.0996. The molecule has 7 nitrogen and oxygen atoms in total. The molecular formula is C15H18N4O3. The Bertz CT molecular complexity index is 657. The highest BCUT2D eigenvalue weighted by molar-refractivity contribution is 5.98. The number of rotatable bonds is 3. The van der Waals surface area contributed by atoms with Crippen LogP contribution in [0.3, 0.4) is 0 Å². The summed E-state index contributed by atoms with van der Waals surface area (Å²) in [6.45, 7) is 2.82. The number of carbonyl (C=O) groups is 1. The van der Waals surface area contributed by atoms with Crippen LogP contribution in [-0.2, 0) is 4.74 Å². The molecule has 1 aromatic carbocycles. The molecule has 0 bridgehead atoms. The van der Waals surface area contributed by atoms with E-state index in [0.717, 1.165) is 12.0 Å². The first-order valence-electron chi connectivity index (χ1n) is 7.21. The van der Waals surface area contributed by atoms with Gasteiger partial charge in [-0.25, -0.2) is 0 Å². The van der Waals surface area contributed by atoms with Gasteiger partial charge in [-0.3, -0.25) is 4.79 Å². The molecule has 3 rings (SSSR count). The van der Waals surface area contributed by atoms with Crippen LogP contribution >= 0.6 is 0 Å². The summed E-state index contributed by atoms with van der Waals surface area (Å²) < 4.78 is 5.46. The largest absolute Gasteiger partial charge is 0.392 e.